The lowest BCUT2D eigenvalue weighted by Crippen LogP contribution is -2.47. The molecule has 5 nitrogen and oxygen atoms in total. The van der Waals surface area contributed by atoms with Gasteiger partial charge in [-0.3, -0.25) is 4.68 Å². The van der Waals surface area contributed by atoms with Gasteiger partial charge in [-0.25, -0.2) is 0 Å². The summed E-state index contributed by atoms with van der Waals surface area (Å²) in [5.41, 5.74) is 10.1. The van der Waals surface area contributed by atoms with Gasteiger partial charge in [-0.1, -0.05) is 6.92 Å². The second kappa shape index (κ2) is 5.13. The third-order valence-corrected chi connectivity index (χ3v) is 4.83. The molecule has 2 aliphatic rings. The zero-order valence-corrected chi connectivity index (χ0v) is 12.7. The Hall–Kier alpha value is -0.910. The Balaban J connectivity index is 1.91. The molecule has 1 saturated heterocycles. The molecule has 2 atom stereocenters. The van der Waals surface area contributed by atoms with Crippen LogP contribution in [-0.4, -0.2) is 34.8 Å². The fourth-order valence-electron chi connectivity index (χ4n) is 3.71. The maximum atomic E-state index is 6.36. The second-order valence-electron chi connectivity index (χ2n) is 6.03. The van der Waals surface area contributed by atoms with Crippen molar-refractivity contribution < 1.29 is 9.47 Å². The highest BCUT2D eigenvalue weighted by molar-refractivity contribution is 5.25. The number of hydrogen-bond acceptors (Lipinski definition) is 4. The minimum absolute atomic E-state index is 0.121. The molecular weight excluding hydrogens is 254 g/mol. The molecule has 20 heavy (non-hydrogen) atoms. The van der Waals surface area contributed by atoms with E-state index in [4.69, 9.17) is 20.3 Å². The van der Waals surface area contributed by atoms with E-state index < -0.39 is 5.79 Å². The molecule has 0 amide bonds. The molecule has 1 aliphatic heterocycles. The lowest BCUT2D eigenvalue weighted by atomic mass is 9.86. The first-order valence-corrected chi connectivity index (χ1v) is 7.64. The Bertz CT molecular complexity index is 492. The molecule has 0 radical (unpaired) electrons. The fraction of sp³-hybridized carbons (Fsp3) is 0.800. The van der Waals surface area contributed by atoms with E-state index in [1.165, 1.54) is 11.3 Å². The highest BCUT2D eigenvalue weighted by Gasteiger charge is 2.45. The van der Waals surface area contributed by atoms with E-state index >= 15 is 0 Å². The van der Waals surface area contributed by atoms with Crippen LogP contribution in [0.2, 0.25) is 0 Å². The van der Waals surface area contributed by atoms with Crippen molar-refractivity contribution >= 4 is 0 Å². The van der Waals surface area contributed by atoms with Crippen LogP contribution in [0.25, 0.3) is 0 Å². The lowest BCUT2D eigenvalue weighted by molar-refractivity contribution is -0.188. The minimum atomic E-state index is -0.417. The zero-order valence-electron chi connectivity index (χ0n) is 12.7. The van der Waals surface area contributed by atoms with E-state index in [9.17, 15) is 0 Å². The molecule has 0 aromatic carbocycles. The predicted molar refractivity (Wildman–Crippen MR) is 76.6 cm³/mol. The van der Waals surface area contributed by atoms with Gasteiger partial charge in [0.25, 0.3) is 0 Å². The summed E-state index contributed by atoms with van der Waals surface area (Å²) in [6, 6.07) is 0.289. The van der Waals surface area contributed by atoms with Crippen molar-refractivity contribution in [3.05, 3.63) is 17.0 Å². The van der Waals surface area contributed by atoms with Gasteiger partial charge in [0.15, 0.2) is 5.79 Å². The van der Waals surface area contributed by atoms with Crippen LogP contribution in [0.4, 0.5) is 0 Å². The quantitative estimate of drug-likeness (QED) is 0.897. The molecule has 2 N–H and O–H groups in total. The van der Waals surface area contributed by atoms with Crippen molar-refractivity contribution in [2.75, 3.05) is 13.2 Å². The van der Waals surface area contributed by atoms with Crippen LogP contribution in [-0.2, 0) is 15.9 Å². The van der Waals surface area contributed by atoms with Crippen molar-refractivity contribution in [3.8, 4) is 0 Å². The van der Waals surface area contributed by atoms with E-state index in [2.05, 4.69) is 25.5 Å². The van der Waals surface area contributed by atoms with Crippen molar-refractivity contribution in [2.24, 2.45) is 5.73 Å². The van der Waals surface area contributed by atoms with Crippen LogP contribution < -0.4 is 5.73 Å². The average molecular weight is 279 g/mol. The predicted octanol–water partition coefficient (Wildman–Crippen LogP) is 1.86. The van der Waals surface area contributed by atoms with Crippen LogP contribution in [0.5, 0.6) is 0 Å². The van der Waals surface area contributed by atoms with Gasteiger partial charge in [0.05, 0.1) is 24.9 Å². The Morgan fingerprint density at radius 3 is 2.65 bits per heavy atom. The van der Waals surface area contributed by atoms with E-state index in [1.54, 1.807) is 0 Å². The highest BCUT2D eigenvalue weighted by Crippen LogP contribution is 2.41. The van der Waals surface area contributed by atoms with Crippen LogP contribution in [0.1, 0.15) is 49.2 Å². The Labute approximate surface area is 120 Å². The molecule has 5 heteroatoms. The van der Waals surface area contributed by atoms with Crippen molar-refractivity contribution in [1.29, 1.82) is 0 Å². The number of hydrogen-bond donors (Lipinski definition) is 1. The van der Waals surface area contributed by atoms with Crippen LogP contribution in [0, 0.1) is 13.8 Å². The van der Waals surface area contributed by atoms with Gasteiger partial charge in [0, 0.05) is 24.6 Å². The fourth-order valence-corrected chi connectivity index (χ4v) is 3.71. The monoisotopic (exact) mass is 279 g/mol. The van der Waals surface area contributed by atoms with Crippen molar-refractivity contribution in [3.63, 3.8) is 0 Å². The van der Waals surface area contributed by atoms with Gasteiger partial charge in [-0.15, -0.1) is 0 Å². The van der Waals surface area contributed by atoms with Gasteiger partial charge in [0.2, 0.25) is 0 Å². The second-order valence-corrected chi connectivity index (χ2v) is 6.03. The summed E-state index contributed by atoms with van der Waals surface area (Å²) < 4.78 is 13.8. The largest absolute Gasteiger partial charge is 0.347 e. The van der Waals surface area contributed by atoms with E-state index in [0.717, 1.165) is 31.4 Å². The molecule has 1 saturated carbocycles. The molecular formula is C15H25N3O2. The number of ether oxygens (including phenoxy) is 2. The number of aryl methyl sites for hydroxylation is 1. The van der Waals surface area contributed by atoms with Gasteiger partial charge in [0.1, 0.15) is 0 Å². The van der Waals surface area contributed by atoms with Gasteiger partial charge >= 0.3 is 0 Å². The molecule has 1 aromatic heterocycles. The topological polar surface area (TPSA) is 62.3 Å². The summed E-state index contributed by atoms with van der Waals surface area (Å²) >= 11 is 0. The zero-order chi connectivity index (χ0) is 14.3. The van der Waals surface area contributed by atoms with E-state index in [1.807, 2.05) is 0 Å². The molecule has 1 aromatic rings. The number of rotatable bonds is 2. The average Bonchev–Trinajstić information content (AvgIpc) is 2.99. The van der Waals surface area contributed by atoms with Crippen molar-refractivity contribution in [2.45, 2.75) is 64.3 Å². The molecule has 3 rings (SSSR count). The molecule has 1 aliphatic carbocycles. The number of aromatic nitrogens is 2. The first kappa shape index (κ1) is 14.0. The summed E-state index contributed by atoms with van der Waals surface area (Å²) in [5.74, 6) is -0.417. The normalized spacial score (nSPS) is 29.2. The third-order valence-electron chi connectivity index (χ3n) is 4.83. The number of nitrogens with zero attached hydrogens (tertiary/aromatic N) is 2. The van der Waals surface area contributed by atoms with Gasteiger partial charge < -0.3 is 15.2 Å². The molecule has 0 bridgehead atoms. The Morgan fingerprint density at radius 1 is 1.35 bits per heavy atom. The Morgan fingerprint density at radius 2 is 2.05 bits per heavy atom. The van der Waals surface area contributed by atoms with Crippen LogP contribution in [0.15, 0.2) is 0 Å². The van der Waals surface area contributed by atoms with E-state index in [0.29, 0.717) is 13.2 Å². The molecule has 112 valence electrons. The smallest absolute Gasteiger partial charge is 0.170 e. The highest BCUT2D eigenvalue weighted by atomic mass is 16.7. The number of nitrogens with two attached hydrogens (primary N) is 1. The van der Waals surface area contributed by atoms with Gasteiger partial charge in [-0.2, -0.15) is 5.10 Å². The molecule has 2 unspecified atom stereocenters. The van der Waals surface area contributed by atoms with Crippen LogP contribution in [0.3, 0.4) is 0 Å². The van der Waals surface area contributed by atoms with Crippen molar-refractivity contribution in [1.82, 2.24) is 9.78 Å². The summed E-state index contributed by atoms with van der Waals surface area (Å²) in [6.45, 7) is 7.78. The van der Waals surface area contributed by atoms with Gasteiger partial charge in [-0.05, 0) is 32.3 Å². The Kier molecular flexibility index (Phi) is 3.60. The maximum Gasteiger partial charge on any atom is 0.170 e. The summed E-state index contributed by atoms with van der Waals surface area (Å²) in [7, 11) is 0. The summed E-state index contributed by atoms with van der Waals surface area (Å²) in [4.78, 5) is 0. The third kappa shape index (κ3) is 2.18. The van der Waals surface area contributed by atoms with Crippen LogP contribution >= 0.6 is 0 Å². The molecule has 2 fully saturated rings. The molecule has 1 spiro atoms. The minimum Gasteiger partial charge on any atom is -0.347 e. The molecule has 2 heterocycles. The first-order chi connectivity index (χ1) is 9.56. The summed E-state index contributed by atoms with van der Waals surface area (Å²) in [5, 5.41) is 4.74. The lowest BCUT2D eigenvalue weighted by Gasteiger charge is -2.40. The SMILES string of the molecule is CCc1c(C)nn(C2CC3(CCC2N)OCCO3)c1C. The first-order valence-electron chi connectivity index (χ1n) is 7.64. The maximum absolute atomic E-state index is 6.36. The standard InChI is InChI=1S/C15H25N3O2/c1-4-12-10(2)17-18(11(12)3)14-9-15(6-5-13(14)16)19-7-8-20-15/h13-14H,4-9,16H2,1-3H3. The van der Waals surface area contributed by atoms with E-state index in [-0.39, 0.29) is 12.1 Å². The summed E-state index contributed by atoms with van der Waals surface area (Å²) in [6.07, 6.45) is 3.63.